The van der Waals surface area contributed by atoms with Crippen molar-refractivity contribution >= 4 is 90.6 Å². The van der Waals surface area contributed by atoms with Crippen LogP contribution in [0.15, 0.2) is 45.8 Å². The third-order valence-electron chi connectivity index (χ3n) is 3.05. The Morgan fingerprint density at radius 1 is 1.36 bits per heavy atom. The Morgan fingerprint density at radius 3 is 2.96 bits per heavy atom. The van der Waals surface area contributed by atoms with Crippen LogP contribution in [0, 0.1) is 7.14 Å². The average molecular weight is 595 g/mol. The predicted octanol–water partition coefficient (Wildman–Crippen LogP) is 4.45. The number of fused-ring (bicyclic) bond motifs is 1. The molecule has 0 bridgehead atoms. The molecule has 1 amide bonds. The summed E-state index contributed by atoms with van der Waals surface area (Å²) in [6.45, 7) is 0. The number of phenols is 1. The van der Waals surface area contributed by atoms with Crippen molar-refractivity contribution in [3.63, 3.8) is 0 Å². The number of carbonyl (C=O) groups is 1. The van der Waals surface area contributed by atoms with E-state index in [9.17, 15) is 9.90 Å². The molecular formula is C16H11I2N3O2S2. The summed E-state index contributed by atoms with van der Waals surface area (Å²) in [6.07, 6.45) is 1.44. The van der Waals surface area contributed by atoms with Gasteiger partial charge in [0.1, 0.15) is 5.75 Å². The van der Waals surface area contributed by atoms with Crippen molar-refractivity contribution in [1.29, 1.82) is 0 Å². The molecule has 2 aromatic carbocycles. The van der Waals surface area contributed by atoms with E-state index in [-0.39, 0.29) is 17.4 Å². The van der Waals surface area contributed by atoms with E-state index in [2.05, 4.69) is 60.7 Å². The quantitative estimate of drug-likeness (QED) is 0.198. The number of para-hydroxylation sites is 1. The van der Waals surface area contributed by atoms with Crippen LogP contribution in [0.3, 0.4) is 0 Å². The second-order valence-electron chi connectivity index (χ2n) is 4.85. The molecule has 0 saturated heterocycles. The van der Waals surface area contributed by atoms with Gasteiger partial charge < -0.3 is 5.11 Å². The maximum Gasteiger partial charge on any atom is 0.250 e. The summed E-state index contributed by atoms with van der Waals surface area (Å²) in [4.78, 5) is 16.4. The van der Waals surface area contributed by atoms with Gasteiger partial charge in [-0.3, -0.25) is 4.79 Å². The zero-order valence-corrected chi connectivity index (χ0v) is 18.5. The Labute approximate surface area is 179 Å². The molecule has 0 aliphatic heterocycles. The van der Waals surface area contributed by atoms with E-state index in [0.717, 1.165) is 21.7 Å². The lowest BCUT2D eigenvalue weighted by Gasteiger charge is -2.03. The molecule has 0 aliphatic carbocycles. The lowest BCUT2D eigenvalue weighted by Crippen LogP contribution is -2.19. The number of thioether (sulfide) groups is 1. The number of rotatable bonds is 5. The van der Waals surface area contributed by atoms with Crippen molar-refractivity contribution < 1.29 is 9.90 Å². The summed E-state index contributed by atoms with van der Waals surface area (Å²) in [5.74, 6) is 0.163. The number of aromatic nitrogens is 1. The van der Waals surface area contributed by atoms with Gasteiger partial charge in [0.2, 0.25) is 0 Å². The number of amides is 1. The second-order valence-corrected chi connectivity index (χ2v) is 9.52. The first kappa shape index (κ1) is 18.9. The highest BCUT2D eigenvalue weighted by molar-refractivity contribution is 14.1. The number of benzene rings is 2. The smallest absolute Gasteiger partial charge is 0.250 e. The number of hydrogen-bond donors (Lipinski definition) is 2. The minimum Gasteiger partial charge on any atom is -0.506 e. The summed E-state index contributed by atoms with van der Waals surface area (Å²) >= 11 is 7.16. The van der Waals surface area contributed by atoms with E-state index >= 15 is 0 Å². The van der Waals surface area contributed by atoms with Gasteiger partial charge in [-0.15, -0.1) is 11.3 Å². The zero-order valence-electron chi connectivity index (χ0n) is 12.6. The Balaban J connectivity index is 1.56. The molecule has 0 unspecified atom stereocenters. The number of halogens is 2. The van der Waals surface area contributed by atoms with Crippen LogP contribution < -0.4 is 5.43 Å². The molecule has 1 heterocycles. The Hall–Kier alpha value is -0.920. The highest BCUT2D eigenvalue weighted by Gasteiger charge is 2.08. The fraction of sp³-hybridized carbons (Fsp3) is 0.0625. The summed E-state index contributed by atoms with van der Waals surface area (Å²) in [5, 5.41) is 13.9. The lowest BCUT2D eigenvalue weighted by molar-refractivity contribution is -0.118. The number of nitrogens with one attached hydrogen (secondary N) is 1. The Bertz CT molecular complexity index is 927. The SMILES string of the molecule is O=C(CSc1nc2ccccc2s1)N/N=C\c1cc(I)cc(I)c1O. The molecule has 2 N–H and O–H groups in total. The van der Waals surface area contributed by atoms with Gasteiger partial charge in [-0.1, -0.05) is 23.9 Å². The number of thiazole rings is 1. The van der Waals surface area contributed by atoms with Crippen LogP contribution in [0.25, 0.3) is 10.2 Å². The highest BCUT2D eigenvalue weighted by Crippen LogP contribution is 2.29. The Kier molecular flexibility index (Phi) is 6.52. The van der Waals surface area contributed by atoms with Crippen LogP contribution >= 0.6 is 68.3 Å². The third-order valence-corrected chi connectivity index (χ3v) is 6.68. The molecule has 5 nitrogen and oxygen atoms in total. The molecule has 0 aliphatic rings. The molecule has 3 rings (SSSR count). The van der Waals surface area contributed by atoms with E-state index in [0.29, 0.717) is 5.56 Å². The van der Waals surface area contributed by atoms with Crippen LogP contribution in [0.5, 0.6) is 5.75 Å². The van der Waals surface area contributed by atoms with Gasteiger partial charge in [-0.2, -0.15) is 5.10 Å². The zero-order chi connectivity index (χ0) is 17.8. The normalized spacial score (nSPS) is 11.3. The minimum atomic E-state index is -0.222. The number of hydrogen-bond acceptors (Lipinski definition) is 6. The number of nitrogens with zero attached hydrogens (tertiary/aromatic N) is 2. The average Bonchev–Trinajstić information content (AvgIpc) is 3.00. The molecule has 0 saturated carbocycles. The van der Waals surface area contributed by atoms with Gasteiger partial charge in [0, 0.05) is 9.13 Å². The third kappa shape index (κ3) is 5.05. The molecular weight excluding hydrogens is 584 g/mol. The molecule has 128 valence electrons. The van der Waals surface area contributed by atoms with E-state index in [1.54, 1.807) is 17.4 Å². The largest absolute Gasteiger partial charge is 0.506 e. The van der Waals surface area contributed by atoms with Crippen LogP contribution in [-0.2, 0) is 4.79 Å². The number of phenolic OH excluding ortho intramolecular Hbond substituents is 1. The standard InChI is InChI=1S/C16H11I2N3O2S2/c17-10-5-9(15(23)11(18)6-10)7-19-21-14(22)8-24-16-20-12-3-1-2-4-13(12)25-16/h1-7,23H,8H2,(H,21,22)/b19-7-. The Morgan fingerprint density at radius 2 is 2.16 bits per heavy atom. The van der Waals surface area contributed by atoms with Gasteiger partial charge >= 0.3 is 0 Å². The fourth-order valence-electron chi connectivity index (χ4n) is 1.93. The topological polar surface area (TPSA) is 74.6 Å². The van der Waals surface area contributed by atoms with Crippen LogP contribution in [0.4, 0.5) is 0 Å². The molecule has 3 aromatic rings. The summed E-state index contributed by atoms with van der Waals surface area (Å²) < 4.78 is 3.68. The number of carbonyl (C=O) groups excluding carboxylic acids is 1. The first-order chi connectivity index (χ1) is 12.0. The summed E-state index contributed by atoms with van der Waals surface area (Å²) in [6, 6.07) is 11.5. The predicted molar refractivity (Wildman–Crippen MR) is 120 cm³/mol. The van der Waals surface area contributed by atoms with Crippen LogP contribution in [0.1, 0.15) is 5.56 Å². The van der Waals surface area contributed by atoms with E-state index in [4.69, 9.17) is 0 Å². The fourth-order valence-corrected chi connectivity index (χ4v) is 5.68. The van der Waals surface area contributed by atoms with Gasteiger partial charge in [0.15, 0.2) is 4.34 Å². The monoisotopic (exact) mass is 595 g/mol. The summed E-state index contributed by atoms with van der Waals surface area (Å²) in [5.41, 5.74) is 3.98. The van der Waals surface area contributed by atoms with E-state index in [1.807, 2.05) is 30.3 Å². The summed E-state index contributed by atoms with van der Waals surface area (Å²) in [7, 11) is 0. The maximum atomic E-state index is 11.9. The first-order valence-electron chi connectivity index (χ1n) is 7.01. The molecule has 1 aromatic heterocycles. The van der Waals surface area contributed by atoms with Crippen molar-refractivity contribution in [3.05, 3.63) is 49.1 Å². The lowest BCUT2D eigenvalue weighted by atomic mass is 10.2. The van der Waals surface area contributed by atoms with E-state index in [1.165, 1.54) is 18.0 Å². The van der Waals surface area contributed by atoms with Crippen molar-refractivity contribution in [2.24, 2.45) is 5.10 Å². The molecule has 25 heavy (non-hydrogen) atoms. The highest BCUT2D eigenvalue weighted by atomic mass is 127. The molecule has 9 heteroatoms. The second kappa shape index (κ2) is 8.64. The first-order valence-corrected chi connectivity index (χ1v) is 11.0. The van der Waals surface area contributed by atoms with Crippen LogP contribution in [-0.4, -0.2) is 28.0 Å². The van der Waals surface area contributed by atoms with Gasteiger partial charge in [-0.25, -0.2) is 10.4 Å². The number of aromatic hydroxyl groups is 1. The van der Waals surface area contributed by atoms with E-state index < -0.39 is 0 Å². The molecule has 0 radical (unpaired) electrons. The van der Waals surface area contributed by atoms with Gasteiger partial charge in [0.05, 0.1) is 25.8 Å². The van der Waals surface area contributed by atoms with Gasteiger partial charge in [0.25, 0.3) is 5.91 Å². The van der Waals surface area contributed by atoms with Crippen LogP contribution in [0.2, 0.25) is 0 Å². The molecule has 0 atom stereocenters. The van der Waals surface area contributed by atoms with Crippen molar-refractivity contribution in [2.75, 3.05) is 5.75 Å². The van der Waals surface area contributed by atoms with Crippen molar-refractivity contribution in [3.8, 4) is 5.75 Å². The van der Waals surface area contributed by atoms with Crippen molar-refractivity contribution in [2.45, 2.75) is 4.34 Å². The minimum absolute atomic E-state index is 0.155. The molecule has 0 fully saturated rings. The molecule has 0 spiro atoms. The van der Waals surface area contributed by atoms with Crippen molar-refractivity contribution in [1.82, 2.24) is 10.4 Å². The maximum absolute atomic E-state index is 11.9. The number of hydrazone groups is 1. The van der Waals surface area contributed by atoms with Gasteiger partial charge in [-0.05, 0) is 69.4 Å².